The molecule has 0 bridgehead atoms. The molecule has 1 heterocycles. The van der Waals surface area contributed by atoms with Gasteiger partial charge in [-0.25, -0.2) is 0 Å². The third-order valence-corrected chi connectivity index (χ3v) is 2.98. The van der Waals surface area contributed by atoms with E-state index in [1.807, 2.05) is 13.8 Å². The van der Waals surface area contributed by atoms with Crippen molar-refractivity contribution in [3.8, 4) is 0 Å². The first-order valence-corrected chi connectivity index (χ1v) is 6.02. The van der Waals surface area contributed by atoms with Gasteiger partial charge in [-0.15, -0.1) is 0 Å². The first kappa shape index (κ1) is 15.4. The minimum atomic E-state index is -4.38. The van der Waals surface area contributed by atoms with E-state index in [1.54, 1.807) is 0 Å². The fraction of sp³-hybridized carbons (Fsp3) is 0.429. The molecule has 1 N–H and O–H groups in total. The van der Waals surface area contributed by atoms with Crippen molar-refractivity contribution in [3.63, 3.8) is 0 Å². The normalized spacial score (nSPS) is 14.4. The molecule has 0 unspecified atom stereocenters. The van der Waals surface area contributed by atoms with Gasteiger partial charge in [-0.3, -0.25) is 0 Å². The van der Waals surface area contributed by atoms with Gasteiger partial charge in [0.15, 0.2) is 0 Å². The Balaban J connectivity index is 3.40. The third-order valence-electron chi connectivity index (χ3n) is 2.98. The van der Waals surface area contributed by atoms with Crippen molar-refractivity contribution in [1.29, 1.82) is 0 Å². The number of rotatable bonds is 4. The van der Waals surface area contributed by atoms with E-state index >= 15 is 0 Å². The summed E-state index contributed by atoms with van der Waals surface area (Å²) in [5, 5.41) is 0. The summed E-state index contributed by atoms with van der Waals surface area (Å²) in [7, 11) is 1.46. The molecule has 5 heteroatoms. The predicted molar refractivity (Wildman–Crippen MR) is 70.4 cm³/mol. The fourth-order valence-electron chi connectivity index (χ4n) is 1.90. The average Bonchev–Trinajstić information content (AvgIpc) is 2.78. The van der Waals surface area contributed by atoms with E-state index in [4.69, 9.17) is 4.74 Å². The summed E-state index contributed by atoms with van der Waals surface area (Å²) >= 11 is 0. The van der Waals surface area contributed by atoms with Gasteiger partial charge in [0.1, 0.15) is 5.76 Å². The molecule has 0 spiro atoms. The highest BCUT2D eigenvalue weighted by molar-refractivity contribution is 5.79. The summed E-state index contributed by atoms with van der Waals surface area (Å²) in [5.41, 5.74) is 0.706. The van der Waals surface area contributed by atoms with Crippen LogP contribution in [0.1, 0.15) is 38.4 Å². The van der Waals surface area contributed by atoms with Gasteiger partial charge in [-0.05, 0) is 31.9 Å². The monoisotopic (exact) mass is 273 g/mol. The molecular weight excluding hydrogens is 255 g/mol. The molecule has 106 valence electrons. The second-order valence-electron chi connectivity index (χ2n) is 4.13. The standard InChI is InChI=1S/C14H18F3NO/c1-5-9(3)13(19-4)12-10(7-8-18-12)11(6-2)14(15,16)17/h6-8,18H,5H2,1-4H3/b11-6+,13-9-. The number of allylic oxidation sites excluding steroid dienone is 3. The van der Waals surface area contributed by atoms with Crippen molar-refractivity contribution in [3.05, 3.63) is 35.2 Å². The number of aromatic amines is 1. The first-order valence-electron chi connectivity index (χ1n) is 6.02. The zero-order chi connectivity index (χ0) is 14.6. The van der Waals surface area contributed by atoms with Gasteiger partial charge in [0.25, 0.3) is 0 Å². The Morgan fingerprint density at radius 1 is 1.42 bits per heavy atom. The van der Waals surface area contributed by atoms with Crippen LogP contribution in [0.4, 0.5) is 13.2 Å². The number of hydrogen-bond donors (Lipinski definition) is 1. The zero-order valence-corrected chi connectivity index (χ0v) is 11.5. The summed E-state index contributed by atoms with van der Waals surface area (Å²) in [6.07, 6.45) is -1.12. The Kier molecular flexibility index (Phi) is 4.86. The summed E-state index contributed by atoms with van der Waals surface area (Å²) in [4.78, 5) is 2.84. The van der Waals surface area contributed by atoms with Crippen LogP contribution in [0, 0.1) is 0 Å². The fourth-order valence-corrected chi connectivity index (χ4v) is 1.90. The number of ether oxygens (including phenoxy) is 1. The Hall–Kier alpha value is -1.65. The van der Waals surface area contributed by atoms with Crippen molar-refractivity contribution >= 4 is 11.3 Å². The van der Waals surface area contributed by atoms with Crippen molar-refractivity contribution in [2.75, 3.05) is 7.11 Å². The number of H-pyrrole nitrogens is 1. The Bertz CT molecular complexity index is 495. The SMILES string of the molecule is C/C=C(\c1cc[nH]c1/C(OC)=C(\C)CC)C(F)(F)F. The third kappa shape index (κ3) is 3.22. The van der Waals surface area contributed by atoms with E-state index < -0.39 is 11.7 Å². The maximum atomic E-state index is 13.0. The highest BCUT2D eigenvalue weighted by atomic mass is 19.4. The molecule has 0 aliphatic carbocycles. The van der Waals surface area contributed by atoms with Gasteiger partial charge in [-0.2, -0.15) is 13.2 Å². The lowest BCUT2D eigenvalue weighted by Gasteiger charge is -2.15. The lowest BCUT2D eigenvalue weighted by Crippen LogP contribution is -2.11. The predicted octanol–water partition coefficient (Wildman–Crippen LogP) is 4.77. The maximum absolute atomic E-state index is 13.0. The van der Waals surface area contributed by atoms with Gasteiger partial charge in [0.05, 0.1) is 18.4 Å². The van der Waals surface area contributed by atoms with E-state index in [1.165, 1.54) is 26.3 Å². The zero-order valence-electron chi connectivity index (χ0n) is 11.5. The van der Waals surface area contributed by atoms with Crippen LogP contribution in [0.5, 0.6) is 0 Å². The largest absolute Gasteiger partial charge is 0.495 e. The molecule has 0 atom stereocenters. The lowest BCUT2D eigenvalue weighted by molar-refractivity contribution is -0.0690. The van der Waals surface area contributed by atoms with E-state index in [0.29, 0.717) is 17.9 Å². The van der Waals surface area contributed by atoms with E-state index in [2.05, 4.69) is 4.98 Å². The molecule has 0 aromatic carbocycles. The Morgan fingerprint density at radius 3 is 2.47 bits per heavy atom. The number of halogens is 3. The summed E-state index contributed by atoms with van der Waals surface area (Å²) in [6.45, 7) is 5.14. The van der Waals surface area contributed by atoms with Crippen molar-refractivity contribution in [1.82, 2.24) is 4.98 Å². The Labute approximate surface area is 111 Å². The molecule has 0 fully saturated rings. The molecule has 1 aromatic heterocycles. The first-order chi connectivity index (χ1) is 8.86. The molecule has 0 amide bonds. The number of hydrogen-bond acceptors (Lipinski definition) is 1. The van der Waals surface area contributed by atoms with Crippen LogP contribution < -0.4 is 0 Å². The van der Waals surface area contributed by atoms with Crippen LogP contribution in [-0.2, 0) is 4.74 Å². The van der Waals surface area contributed by atoms with Crippen molar-refractivity contribution in [2.24, 2.45) is 0 Å². The van der Waals surface area contributed by atoms with Gasteiger partial charge in [0.2, 0.25) is 0 Å². The summed E-state index contributed by atoms with van der Waals surface area (Å²) in [6, 6.07) is 1.42. The lowest BCUT2D eigenvalue weighted by atomic mass is 10.0. The van der Waals surface area contributed by atoms with Gasteiger partial charge in [-0.1, -0.05) is 13.0 Å². The van der Waals surface area contributed by atoms with Crippen LogP contribution in [0.25, 0.3) is 11.3 Å². The molecule has 0 aliphatic rings. The van der Waals surface area contributed by atoms with Gasteiger partial charge >= 0.3 is 6.18 Å². The summed E-state index contributed by atoms with van der Waals surface area (Å²) < 4.78 is 44.2. The molecule has 0 radical (unpaired) electrons. The van der Waals surface area contributed by atoms with Gasteiger partial charge in [0, 0.05) is 11.8 Å². The maximum Gasteiger partial charge on any atom is 0.416 e. The van der Waals surface area contributed by atoms with Crippen molar-refractivity contribution in [2.45, 2.75) is 33.4 Å². The topological polar surface area (TPSA) is 25.0 Å². The quantitative estimate of drug-likeness (QED) is 0.785. The Morgan fingerprint density at radius 2 is 2.05 bits per heavy atom. The molecule has 0 aliphatic heterocycles. The van der Waals surface area contributed by atoms with Crippen molar-refractivity contribution < 1.29 is 17.9 Å². The molecule has 0 saturated heterocycles. The molecule has 2 nitrogen and oxygen atoms in total. The highest BCUT2D eigenvalue weighted by Gasteiger charge is 2.36. The van der Waals surface area contributed by atoms with E-state index in [-0.39, 0.29) is 5.56 Å². The molecule has 19 heavy (non-hydrogen) atoms. The second-order valence-corrected chi connectivity index (χ2v) is 4.13. The number of alkyl halides is 3. The minimum absolute atomic E-state index is 0.111. The molecular formula is C14H18F3NO. The van der Waals surface area contributed by atoms with E-state index in [9.17, 15) is 13.2 Å². The van der Waals surface area contributed by atoms with Crippen LogP contribution >= 0.6 is 0 Å². The van der Waals surface area contributed by atoms with Crippen LogP contribution in [0.2, 0.25) is 0 Å². The molecule has 1 aromatic rings. The number of methoxy groups -OCH3 is 1. The second kappa shape index (κ2) is 5.99. The van der Waals surface area contributed by atoms with Crippen LogP contribution in [0.15, 0.2) is 23.9 Å². The van der Waals surface area contributed by atoms with Gasteiger partial charge < -0.3 is 9.72 Å². The molecule has 1 rings (SSSR count). The van der Waals surface area contributed by atoms with Crippen LogP contribution in [-0.4, -0.2) is 18.3 Å². The highest BCUT2D eigenvalue weighted by Crippen LogP contribution is 2.37. The number of nitrogens with one attached hydrogen (secondary N) is 1. The number of aromatic nitrogens is 1. The average molecular weight is 273 g/mol. The minimum Gasteiger partial charge on any atom is -0.495 e. The van der Waals surface area contributed by atoms with E-state index in [0.717, 1.165) is 11.6 Å². The smallest absolute Gasteiger partial charge is 0.416 e. The van der Waals surface area contributed by atoms with Crippen LogP contribution in [0.3, 0.4) is 0 Å². The molecule has 0 saturated carbocycles. The summed E-state index contributed by atoms with van der Waals surface area (Å²) in [5.74, 6) is 0.464.